The molecule has 5 heteroatoms. The number of allylic oxidation sites excluding steroid dienone is 1. The SMILES string of the molecule is C=CC(=O)c1ccc(O)c(NC(=O)OC(C)(C)C)c1. The lowest BCUT2D eigenvalue weighted by atomic mass is 10.1. The number of carbonyl (C=O) groups is 2. The summed E-state index contributed by atoms with van der Waals surface area (Å²) in [6, 6.07) is 4.13. The van der Waals surface area contributed by atoms with Gasteiger partial charge in [-0.2, -0.15) is 0 Å². The zero-order valence-electron chi connectivity index (χ0n) is 11.2. The van der Waals surface area contributed by atoms with E-state index in [1.807, 2.05) is 0 Å². The lowest BCUT2D eigenvalue weighted by molar-refractivity contribution is 0.0635. The van der Waals surface area contributed by atoms with Gasteiger partial charge in [0.2, 0.25) is 0 Å². The number of amides is 1. The molecule has 102 valence electrons. The van der Waals surface area contributed by atoms with Gasteiger partial charge in [0.1, 0.15) is 11.4 Å². The Morgan fingerprint density at radius 2 is 2.00 bits per heavy atom. The molecule has 2 N–H and O–H groups in total. The number of ketones is 1. The van der Waals surface area contributed by atoms with E-state index in [9.17, 15) is 14.7 Å². The maximum absolute atomic E-state index is 11.6. The molecule has 0 saturated carbocycles. The summed E-state index contributed by atoms with van der Waals surface area (Å²) in [5.41, 5.74) is -0.213. The summed E-state index contributed by atoms with van der Waals surface area (Å²) >= 11 is 0. The first-order chi connectivity index (χ1) is 8.73. The second-order valence-electron chi connectivity index (χ2n) is 4.93. The number of benzene rings is 1. The molecule has 0 spiro atoms. The standard InChI is InChI=1S/C14H17NO4/c1-5-11(16)9-6-7-12(17)10(8-9)15-13(18)19-14(2,3)4/h5-8,17H,1H2,2-4H3,(H,15,18). The molecule has 0 aliphatic heterocycles. The molecule has 0 radical (unpaired) electrons. The Kier molecular flexibility index (Phi) is 4.32. The average Bonchev–Trinajstić information content (AvgIpc) is 2.28. The van der Waals surface area contributed by atoms with Crippen LogP contribution in [0, 0.1) is 0 Å². The Bertz CT molecular complexity index is 515. The Balaban J connectivity index is 2.91. The molecule has 0 bridgehead atoms. The first-order valence-electron chi connectivity index (χ1n) is 5.73. The van der Waals surface area contributed by atoms with Crippen molar-refractivity contribution in [1.82, 2.24) is 0 Å². The molecule has 1 aromatic rings. The van der Waals surface area contributed by atoms with Gasteiger partial charge in [0.05, 0.1) is 5.69 Å². The topological polar surface area (TPSA) is 75.6 Å². The molecular formula is C14H17NO4. The van der Waals surface area contributed by atoms with Crippen LogP contribution < -0.4 is 5.32 Å². The number of ether oxygens (including phenoxy) is 1. The van der Waals surface area contributed by atoms with Crippen LogP contribution in [0.5, 0.6) is 5.75 Å². The minimum absolute atomic E-state index is 0.113. The van der Waals surface area contributed by atoms with Crippen molar-refractivity contribution in [3.63, 3.8) is 0 Å². The van der Waals surface area contributed by atoms with E-state index in [1.165, 1.54) is 18.2 Å². The van der Waals surface area contributed by atoms with Crippen molar-refractivity contribution in [2.24, 2.45) is 0 Å². The number of aromatic hydroxyl groups is 1. The third-order valence-corrected chi connectivity index (χ3v) is 2.10. The van der Waals surface area contributed by atoms with Gasteiger partial charge in [0.25, 0.3) is 0 Å². The smallest absolute Gasteiger partial charge is 0.412 e. The van der Waals surface area contributed by atoms with E-state index < -0.39 is 11.7 Å². The van der Waals surface area contributed by atoms with E-state index in [4.69, 9.17) is 4.74 Å². The minimum Gasteiger partial charge on any atom is -0.506 e. The van der Waals surface area contributed by atoms with E-state index in [2.05, 4.69) is 11.9 Å². The van der Waals surface area contributed by atoms with E-state index in [0.29, 0.717) is 5.56 Å². The van der Waals surface area contributed by atoms with Crippen LogP contribution in [0.3, 0.4) is 0 Å². The molecule has 1 amide bonds. The monoisotopic (exact) mass is 263 g/mol. The lowest BCUT2D eigenvalue weighted by Gasteiger charge is -2.20. The quantitative estimate of drug-likeness (QED) is 0.499. The normalized spacial score (nSPS) is 10.7. The highest BCUT2D eigenvalue weighted by molar-refractivity contribution is 6.05. The van der Waals surface area contributed by atoms with Gasteiger partial charge < -0.3 is 9.84 Å². The Morgan fingerprint density at radius 3 is 2.53 bits per heavy atom. The molecule has 0 aliphatic rings. The maximum atomic E-state index is 11.6. The van der Waals surface area contributed by atoms with Crippen molar-refractivity contribution in [2.45, 2.75) is 26.4 Å². The van der Waals surface area contributed by atoms with Gasteiger partial charge in [-0.25, -0.2) is 4.79 Å². The van der Waals surface area contributed by atoms with Crippen LogP contribution in [-0.4, -0.2) is 22.6 Å². The van der Waals surface area contributed by atoms with Gasteiger partial charge in [-0.3, -0.25) is 10.1 Å². The van der Waals surface area contributed by atoms with Crippen LogP contribution >= 0.6 is 0 Å². The molecule has 0 aromatic heterocycles. The van der Waals surface area contributed by atoms with Gasteiger partial charge in [0.15, 0.2) is 5.78 Å². The summed E-state index contributed by atoms with van der Waals surface area (Å²) in [4.78, 5) is 23.0. The molecule has 1 rings (SSSR count). The number of hydrogen-bond donors (Lipinski definition) is 2. The molecule has 1 aromatic carbocycles. The Morgan fingerprint density at radius 1 is 1.37 bits per heavy atom. The third kappa shape index (κ3) is 4.46. The molecule has 0 saturated heterocycles. The fourth-order valence-electron chi connectivity index (χ4n) is 1.32. The first kappa shape index (κ1) is 14.8. The van der Waals surface area contributed by atoms with Gasteiger partial charge in [0, 0.05) is 5.56 Å². The Hall–Kier alpha value is -2.30. The van der Waals surface area contributed by atoms with Crippen molar-refractivity contribution >= 4 is 17.6 Å². The number of anilines is 1. The molecular weight excluding hydrogens is 246 g/mol. The fraction of sp³-hybridized carbons (Fsp3) is 0.286. The van der Waals surface area contributed by atoms with Crippen molar-refractivity contribution < 1.29 is 19.4 Å². The van der Waals surface area contributed by atoms with Crippen molar-refractivity contribution in [3.8, 4) is 5.75 Å². The predicted molar refractivity (Wildman–Crippen MR) is 72.5 cm³/mol. The second-order valence-corrected chi connectivity index (χ2v) is 4.93. The molecule has 0 aliphatic carbocycles. The van der Waals surface area contributed by atoms with Crippen LogP contribution in [0.1, 0.15) is 31.1 Å². The van der Waals surface area contributed by atoms with Crippen molar-refractivity contribution in [1.29, 1.82) is 0 Å². The van der Waals surface area contributed by atoms with Gasteiger partial charge in [-0.1, -0.05) is 6.58 Å². The third-order valence-electron chi connectivity index (χ3n) is 2.10. The number of phenolic OH excluding ortho intramolecular Hbond substituents is 1. The number of hydrogen-bond acceptors (Lipinski definition) is 4. The number of carbonyl (C=O) groups excluding carboxylic acids is 2. The van der Waals surface area contributed by atoms with Crippen LogP contribution in [0.15, 0.2) is 30.9 Å². The summed E-state index contributed by atoms with van der Waals surface area (Å²) in [6.45, 7) is 8.55. The lowest BCUT2D eigenvalue weighted by Crippen LogP contribution is -2.27. The molecule has 5 nitrogen and oxygen atoms in total. The van der Waals surface area contributed by atoms with E-state index in [0.717, 1.165) is 6.08 Å². The highest BCUT2D eigenvalue weighted by atomic mass is 16.6. The number of phenols is 1. The van der Waals surface area contributed by atoms with E-state index >= 15 is 0 Å². The molecule has 0 fully saturated rings. The highest BCUT2D eigenvalue weighted by Gasteiger charge is 2.17. The van der Waals surface area contributed by atoms with Gasteiger partial charge >= 0.3 is 6.09 Å². The Labute approximate surface area is 111 Å². The van der Waals surface area contributed by atoms with Crippen LogP contribution in [0.2, 0.25) is 0 Å². The summed E-state index contributed by atoms with van der Waals surface area (Å²) < 4.78 is 5.06. The minimum atomic E-state index is -0.703. The van der Waals surface area contributed by atoms with Crippen LogP contribution in [-0.2, 0) is 4.74 Å². The summed E-state index contributed by atoms with van der Waals surface area (Å²) in [5, 5.41) is 12.0. The zero-order valence-corrected chi connectivity index (χ0v) is 11.2. The van der Waals surface area contributed by atoms with Crippen molar-refractivity contribution in [2.75, 3.05) is 5.32 Å². The van der Waals surface area contributed by atoms with E-state index in [-0.39, 0.29) is 17.2 Å². The second kappa shape index (κ2) is 5.56. The largest absolute Gasteiger partial charge is 0.506 e. The van der Waals surface area contributed by atoms with E-state index in [1.54, 1.807) is 20.8 Å². The molecule has 0 unspecified atom stereocenters. The number of rotatable bonds is 3. The summed E-state index contributed by atoms with van der Waals surface area (Å²) in [6.07, 6.45) is 0.454. The van der Waals surface area contributed by atoms with Gasteiger partial charge in [-0.05, 0) is 45.0 Å². The summed E-state index contributed by atoms with van der Waals surface area (Å²) in [5.74, 6) is -0.446. The highest BCUT2D eigenvalue weighted by Crippen LogP contribution is 2.25. The predicted octanol–water partition coefficient (Wildman–Crippen LogP) is 3.11. The molecule has 0 atom stereocenters. The number of nitrogens with one attached hydrogen (secondary N) is 1. The molecule has 19 heavy (non-hydrogen) atoms. The summed E-state index contributed by atoms with van der Waals surface area (Å²) in [7, 11) is 0. The van der Waals surface area contributed by atoms with Crippen molar-refractivity contribution in [3.05, 3.63) is 36.4 Å². The first-order valence-corrected chi connectivity index (χ1v) is 5.73. The average molecular weight is 263 g/mol. The maximum Gasteiger partial charge on any atom is 0.412 e. The van der Waals surface area contributed by atoms with Gasteiger partial charge in [-0.15, -0.1) is 0 Å². The fourth-order valence-corrected chi connectivity index (χ4v) is 1.32. The zero-order chi connectivity index (χ0) is 14.6. The molecule has 0 heterocycles. The van der Waals surface area contributed by atoms with Crippen LogP contribution in [0.25, 0.3) is 0 Å². The van der Waals surface area contributed by atoms with Crippen LogP contribution in [0.4, 0.5) is 10.5 Å².